The maximum atomic E-state index is 12.6. The van der Waals surface area contributed by atoms with Crippen LogP contribution in [0.25, 0.3) is 0 Å². The highest BCUT2D eigenvalue weighted by Crippen LogP contribution is 2.28. The summed E-state index contributed by atoms with van der Waals surface area (Å²) in [5.74, 6) is 1.35. The van der Waals surface area contributed by atoms with E-state index in [0.29, 0.717) is 30.1 Å². The van der Waals surface area contributed by atoms with Gasteiger partial charge in [0.1, 0.15) is 11.5 Å². The number of pyridine rings is 1. The molecular formula is C19H24NO4+. The fraction of sp³-hybridized carbons (Fsp3) is 0.368. The van der Waals surface area contributed by atoms with Crippen LogP contribution in [0, 0.1) is 0 Å². The van der Waals surface area contributed by atoms with Crippen molar-refractivity contribution in [3.63, 3.8) is 0 Å². The van der Waals surface area contributed by atoms with Gasteiger partial charge >= 0.3 is 0 Å². The van der Waals surface area contributed by atoms with Gasteiger partial charge in [0.15, 0.2) is 12.4 Å². The number of ketones is 1. The highest BCUT2D eigenvalue weighted by atomic mass is 16.7. The Balaban J connectivity index is 2.11. The van der Waals surface area contributed by atoms with E-state index in [1.807, 2.05) is 38.4 Å². The summed E-state index contributed by atoms with van der Waals surface area (Å²) in [5, 5.41) is 0. The second-order valence-electron chi connectivity index (χ2n) is 5.50. The molecule has 1 unspecified atom stereocenters. The Bertz CT molecular complexity index is 682. The van der Waals surface area contributed by atoms with E-state index in [4.69, 9.17) is 14.3 Å². The molecule has 1 aromatic heterocycles. The van der Waals surface area contributed by atoms with Crippen molar-refractivity contribution in [3.05, 3.63) is 53.9 Å². The van der Waals surface area contributed by atoms with Gasteiger partial charge in [0.25, 0.3) is 0 Å². The molecule has 0 aliphatic heterocycles. The molecule has 1 heterocycles. The molecule has 0 aliphatic carbocycles. The van der Waals surface area contributed by atoms with E-state index in [2.05, 4.69) is 0 Å². The van der Waals surface area contributed by atoms with Crippen molar-refractivity contribution < 1.29 is 23.8 Å². The fourth-order valence-electron chi connectivity index (χ4n) is 2.52. The number of benzene rings is 1. The molecule has 0 bridgehead atoms. The van der Waals surface area contributed by atoms with Crippen LogP contribution in [0.1, 0.15) is 42.1 Å². The number of carbonyl (C=O) groups excluding carboxylic acids is 1. The SMILES string of the molecule is CCO[n+]1ccc(C(C)CC(=O)c2ccc(OC)cc2OC)cc1. The highest BCUT2D eigenvalue weighted by Gasteiger charge is 2.18. The summed E-state index contributed by atoms with van der Waals surface area (Å²) in [6.45, 7) is 4.58. The molecule has 1 atom stereocenters. The van der Waals surface area contributed by atoms with Crippen molar-refractivity contribution in [1.29, 1.82) is 0 Å². The zero-order chi connectivity index (χ0) is 17.5. The Hall–Kier alpha value is -2.56. The van der Waals surface area contributed by atoms with Gasteiger partial charge in [-0.1, -0.05) is 6.92 Å². The van der Waals surface area contributed by atoms with Crippen molar-refractivity contribution in [1.82, 2.24) is 0 Å². The molecule has 0 aliphatic rings. The van der Waals surface area contributed by atoms with Crippen LogP contribution in [0.3, 0.4) is 0 Å². The Morgan fingerprint density at radius 2 is 1.83 bits per heavy atom. The van der Waals surface area contributed by atoms with E-state index in [1.165, 1.54) is 0 Å². The van der Waals surface area contributed by atoms with Gasteiger partial charge in [-0.3, -0.25) is 9.63 Å². The number of methoxy groups -OCH3 is 2. The molecule has 0 spiro atoms. The lowest BCUT2D eigenvalue weighted by Gasteiger charge is -2.13. The maximum absolute atomic E-state index is 12.6. The zero-order valence-corrected chi connectivity index (χ0v) is 14.6. The highest BCUT2D eigenvalue weighted by molar-refractivity contribution is 5.99. The van der Waals surface area contributed by atoms with Crippen LogP contribution in [0.5, 0.6) is 11.5 Å². The number of nitrogens with zero attached hydrogens (tertiary/aromatic N) is 1. The summed E-state index contributed by atoms with van der Waals surface area (Å²) in [6.07, 6.45) is 4.11. The van der Waals surface area contributed by atoms with E-state index in [-0.39, 0.29) is 11.7 Å². The summed E-state index contributed by atoms with van der Waals surface area (Å²) in [7, 11) is 3.14. The third kappa shape index (κ3) is 4.25. The first-order valence-electron chi connectivity index (χ1n) is 7.98. The third-order valence-electron chi connectivity index (χ3n) is 3.88. The van der Waals surface area contributed by atoms with E-state index >= 15 is 0 Å². The Morgan fingerprint density at radius 3 is 2.42 bits per heavy atom. The predicted molar refractivity (Wildman–Crippen MR) is 90.7 cm³/mol. The van der Waals surface area contributed by atoms with Gasteiger partial charge in [0.2, 0.25) is 12.4 Å². The minimum Gasteiger partial charge on any atom is -0.497 e. The van der Waals surface area contributed by atoms with E-state index in [0.717, 1.165) is 5.56 Å². The average molecular weight is 330 g/mol. The second kappa shape index (κ2) is 8.34. The van der Waals surface area contributed by atoms with Crippen LogP contribution in [-0.2, 0) is 0 Å². The minimum atomic E-state index is 0.0449. The van der Waals surface area contributed by atoms with Crippen molar-refractivity contribution >= 4 is 5.78 Å². The largest absolute Gasteiger partial charge is 0.497 e. The van der Waals surface area contributed by atoms with E-state index < -0.39 is 0 Å². The van der Waals surface area contributed by atoms with Crippen LogP contribution in [0.2, 0.25) is 0 Å². The van der Waals surface area contributed by atoms with E-state index in [1.54, 1.807) is 37.1 Å². The molecule has 128 valence electrons. The minimum absolute atomic E-state index is 0.0449. The number of rotatable bonds is 8. The normalized spacial score (nSPS) is 11.7. The molecule has 0 amide bonds. The van der Waals surface area contributed by atoms with Gasteiger partial charge in [-0.2, -0.15) is 0 Å². The quantitative estimate of drug-likeness (QED) is 0.552. The molecule has 0 saturated heterocycles. The van der Waals surface area contributed by atoms with Crippen LogP contribution in [-0.4, -0.2) is 26.6 Å². The van der Waals surface area contributed by atoms with Crippen LogP contribution in [0.4, 0.5) is 0 Å². The first-order valence-corrected chi connectivity index (χ1v) is 7.98. The lowest BCUT2D eigenvalue weighted by Crippen LogP contribution is -2.41. The van der Waals surface area contributed by atoms with Gasteiger partial charge in [-0.25, -0.2) is 0 Å². The molecule has 0 saturated carbocycles. The number of ether oxygens (including phenoxy) is 2. The number of hydrogen-bond donors (Lipinski definition) is 0. The summed E-state index contributed by atoms with van der Waals surface area (Å²) in [4.78, 5) is 18.0. The van der Waals surface area contributed by atoms with Gasteiger partial charge in [0.05, 0.1) is 19.8 Å². The fourth-order valence-corrected chi connectivity index (χ4v) is 2.52. The van der Waals surface area contributed by atoms with Crippen LogP contribution >= 0.6 is 0 Å². The summed E-state index contributed by atoms with van der Waals surface area (Å²) >= 11 is 0. The van der Waals surface area contributed by atoms with Gasteiger partial charge < -0.3 is 9.47 Å². The number of aromatic nitrogens is 1. The molecule has 0 N–H and O–H groups in total. The molecule has 5 nitrogen and oxygen atoms in total. The molecule has 2 aromatic rings. The monoisotopic (exact) mass is 330 g/mol. The third-order valence-corrected chi connectivity index (χ3v) is 3.88. The van der Waals surface area contributed by atoms with Crippen molar-refractivity contribution in [2.45, 2.75) is 26.2 Å². The first kappa shape index (κ1) is 17.8. The summed E-state index contributed by atoms with van der Waals surface area (Å²) in [6, 6.07) is 9.19. The number of carbonyl (C=O) groups is 1. The van der Waals surface area contributed by atoms with Gasteiger partial charge in [-0.15, -0.1) is 0 Å². The van der Waals surface area contributed by atoms with Crippen molar-refractivity contribution in [2.75, 3.05) is 20.8 Å². The molecule has 1 aromatic carbocycles. The number of hydrogen-bond acceptors (Lipinski definition) is 4. The molecule has 24 heavy (non-hydrogen) atoms. The lowest BCUT2D eigenvalue weighted by molar-refractivity contribution is -0.891. The van der Waals surface area contributed by atoms with Gasteiger partial charge in [-0.05, 0) is 30.5 Å². The molecule has 2 rings (SSSR count). The van der Waals surface area contributed by atoms with Gasteiger partial charge in [0, 0.05) is 29.4 Å². The maximum Gasteiger partial charge on any atom is 0.222 e. The Kier molecular flexibility index (Phi) is 6.18. The Labute approximate surface area is 142 Å². The van der Waals surface area contributed by atoms with Crippen molar-refractivity contribution in [2.24, 2.45) is 0 Å². The Morgan fingerprint density at radius 1 is 1.12 bits per heavy atom. The molecule has 0 fully saturated rings. The van der Waals surface area contributed by atoms with E-state index in [9.17, 15) is 4.79 Å². The second-order valence-corrected chi connectivity index (χ2v) is 5.50. The number of Topliss-reactive ketones (excluding diaryl/α,β-unsaturated/α-hetero) is 1. The predicted octanol–water partition coefficient (Wildman–Crippen LogP) is 2.82. The lowest BCUT2D eigenvalue weighted by atomic mass is 9.93. The molecule has 0 radical (unpaired) electrons. The first-order chi connectivity index (χ1) is 11.6. The smallest absolute Gasteiger partial charge is 0.222 e. The van der Waals surface area contributed by atoms with Crippen LogP contribution in [0.15, 0.2) is 42.7 Å². The standard InChI is InChI=1S/C19H24NO4/c1-5-24-20-10-8-15(9-11-20)14(2)12-18(21)17-7-6-16(22-3)13-19(17)23-4/h6-11,13-14H,5,12H2,1-4H3/q+1. The molecular weight excluding hydrogens is 306 g/mol. The summed E-state index contributed by atoms with van der Waals surface area (Å²) < 4.78 is 12.1. The zero-order valence-electron chi connectivity index (χ0n) is 14.6. The topological polar surface area (TPSA) is 48.6 Å². The van der Waals surface area contributed by atoms with Crippen LogP contribution < -0.4 is 19.0 Å². The van der Waals surface area contributed by atoms with Crippen molar-refractivity contribution in [3.8, 4) is 11.5 Å². The molecule has 5 heteroatoms. The summed E-state index contributed by atoms with van der Waals surface area (Å²) in [5.41, 5.74) is 1.66. The average Bonchev–Trinajstić information content (AvgIpc) is 2.61.